The molecular weight excluding hydrogens is 240 g/mol. The number of rotatable bonds is 3. The summed E-state index contributed by atoms with van der Waals surface area (Å²) in [7, 11) is 0. The van der Waals surface area contributed by atoms with E-state index in [-0.39, 0.29) is 5.75 Å². The van der Waals surface area contributed by atoms with Crippen LogP contribution in [0.5, 0.6) is 5.75 Å². The van der Waals surface area contributed by atoms with Gasteiger partial charge in [0.25, 0.3) is 0 Å². The van der Waals surface area contributed by atoms with Gasteiger partial charge in [0.05, 0.1) is 0 Å². The van der Waals surface area contributed by atoms with E-state index in [0.717, 1.165) is 22.6 Å². The standard InChI is InChI=1S/C14H14N4O/c15-9-11-4-5-18-14(8-11)16-13(17-18)7-10-2-1-3-12(19)6-10/h1-6,8,19H,7,9,15H2. The first-order chi connectivity index (χ1) is 9.24. The van der Waals surface area contributed by atoms with Gasteiger partial charge in [0.15, 0.2) is 11.5 Å². The lowest BCUT2D eigenvalue weighted by molar-refractivity contribution is 0.474. The highest BCUT2D eigenvalue weighted by Gasteiger charge is 2.05. The third-order valence-corrected chi connectivity index (χ3v) is 2.95. The van der Waals surface area contributed by atoms with Gasteiger partial charge in [0, 0.05) is 19.2 Å². The van der Waals surface area contributed by atoms with Crippen molar-refractivity contribution in [1.82, 2.24) is 14.6 Å². The Hall–Kier alpha value is -2.40. The van der Waals surface area contributed by atoms with Crippen LogP contribution in [-0.4, -0.2) is 19.7 Å². The van der Waals surface area contributed by atoms with Gasteiger partial charge in [-0.25, -0.2) is 9.50 Å². The summed E-state index contributed by atoms with van der Waals surface area (Å²) < 4.78 is 1.73. The van der Waals surface area contributed by atoms with E-state index in [2.05, 4.69) is 10.1 Å². The normalized spacial score (nSPS) is 11.0. The maximum atomic E-state index is 9.44. The average molecular weight is 254 g/mol. The SMILES string of the molecule is NCc1ccn2nc(Cc3cccc(O)c3)nc2c1. The predicted octanol–water partition coefficient (Wildman–Crippen LogP) is 1.48. The molecule has 0 saturated carbocycles. The van der Waals surface area contributed by atoms with Gasteiger partial charge < -0.3 is 10.8 Å². The number of aromatic nitrogens is 3. The van der Waals surface area contributed by atoms with E-state index in [1.54, 1.807) is 16.6 Å². The van der Waals surface area contributed by atoms with Crippen molar-refractivity contribution in [2.75, 3.05) is 0 Å². The van der Waals surface area contributed by atoms with Crippen LogP contribution in [0.3, 0.4) is 0 Å². The number of phenols is 1. The third-order valence-electron chi connectivity index (χ3n) is 2.95. The lowest BCUT2D eigenvalue weighted by Gasteiger charge is -1.97. The monoisotopic (exact) mass is 254 g/mol. The van der Waals surface area contributed by atoms with E-state index in [4.69, 9.17) is 5.73 Å². The lowest BCUT2D eigenvalue weighted by atomic mass is 10.1. The quantitative estimate of drug-likeness (QED) is 0.742. The van der Waals surface area contributed by atoms with Gasteiger partial charge >= 0.3 is 0 Å². The summed E-state index contributed by atoms with van der Waals surface area (Å²) in [5.41, 5.74) is 8.41. The fourth-order valence-electron chi connectivity index (χ4n) is 2.02. The van der Waals surface area contributed by atoms with Crippen molar-refractivity contribution >= 4 is 5.65 Å². The number of nitrogens with zero attached hydrogens (tertiary/aromatic N) is 3. The molecule has 2 aromatic heterocycles. The number of hydrogen-bond donors (Lipinski definition) is 2. The smallest absolute Gasteiger partial charge is 0.156 e. The van der Waals surface area contributed by atoms with Crippen LogP contribution in [-0.2, 0) is 13.0 Å². The maximum absolute atomic E-state index is 9.44. The summed E-state index contributed by atoms with van der Waals surface area (Å²) in [5, 5.41) is 13.8. The van der Waals surface area contributed by atoms with Crippen LogP contribution in [0.4, 0.5) is 0 Å². The van der Waals surface area contributed by atoms with Gasteiger partial charge in [-0.2, -0.15) is 5.10 Å². The zero-order valence-electron chi connectivity index (χ0n) is 10.3. The molecule has 0 atom stereocenters. The molecule has 5 nitrogen and oxygen atoms in total. The van der Waals surface area contributed by atoms with Crippen molar-refractivity contribution in [2.24, 2.45) is 5.73 Å². The van der Waals surface area contributed by atoms with E-state index in [1.807, 2.05) is 30.5 Å². The van der Waals surface area contributed by atoms with Gasteiger partial charge in [-0.05, 0) is 35.4 Å². The molecule has 0 bridgehead atoms. The number of benzene rings is 1. The largest absolute Gasteiger partial charge is 0.508 e. The number of fused-ring (bicyclic) bond motifs is 1. The van der Waals surface area contributed by atoms with Crippen molar-refractivity contribution in [1.29, 1.82) is 0 Å². The minimum Gasteiger partial charge on any atom is -0.508 e. The molecule has 0 saturated heterocycles. The van der Waals surface area contributed by atoms with Crippen molar-refractivity contribution < 1.29 is 5.11 Å². The molecule has 3 N–H and O–H groups in total. The van der Waals surface area contributed by atoms with Crippen molar-refractivity contribution in [3.63, 3.8) is 0 Å². The average Bonchev–Trinajstić information content (AvgIpc) is 2.79. The minimum atomic E-state index is 0.256. The maximum Gasteiger partial charge on any atom is 0.156 e. The second-order valence-corrected chi connectivity index (χ2v) is 4.42. The Kier molecular flexibility index (Phi) is 2.89. The molecule has 19 heavy (non-hydrogen) atoms. The molecule has 3 rings (SSSR count). The molecule has 3 aromatic rings. The zero-order valence-corrected chi connectivity index (χ0v) is 10.3. The first-order valence-corrected chi connectivity index (χ1v) is 6.07. The van der Waals surface area contributed by atoms with Gasteiger partial charge in [0.1, 0.15) is 5.75 Å². The Morgan fingerprint density at radius 1 is 1.16 bits per heavy atom. The Balaban J connectivity index is 1.93. The van der Waals surface area contributed by atoms with E-state index in [1.165, 1.54) is 0 Å². The number of aromatic hydroxyl groups is 1. The summed E-state index contributed by atoms with van der Waals surface area (Å²) in [6.07, 6.45) is 2.45. The molecule has 0 fully saturated rings. The first kappa shape index (κ1) is 11.7. The summed E-state index contributed by atoms with van der Waals surface area (Å²) in [5.74, 6) is 0.978. The highest BCUT2D eigenvalue weighted by molar-refractivity contribution is 5.41. The first-order valence-electron chi connectivity index (χ1n) is 6.07. The van der Waals surface area contributed by atoms with Gasteiger partial charge in [-0.15, -0.1) is 0 Å². The summed E-state index contributed by atoms with van der Waals surface area (Å²) in [4.78, 5) is 4.46. The Labute approximate surface area is 110 Å². The number of nitrogens with two attached hydrogens (primary N) is 1. The van der Waals surface area contributed by atoms with Gasteiger partial charge in [0.2, 0.25) is 0 Å². The minimum absolute atomic E-state index is 0.256. The number of hydrogen-bond acceptors (Lipinski definition) is 4. The summed E-state index contributed by atoms with van der Waals surface area (Å²) >= 11 is 0. The fourth-order valence-corrected chi connectivity index (χ4v) is 2.02. The molecule has 0 aliphatic heterocycles. The van der Waals surface area contributed by atoms with Crippen molar-refractivity contribution in [3.8, 4) is 5.75 Å². The molecule has 1 aromatic carbocycles. The van der Waals surface area contributed by atoms with E-state index in [9.17, 15) is 5.11 Å². The van der Waals surface area contributed by atoms with Crippen LogP contribution >= 0.6 is 0 Å². The second-order valence-electron chi connectivity index (χ2n) is 4.42. The molecule has 0 aliphatic carbocycles. The fraction of sp³-hybridized carbons (Fsp3) is 0.143. The van der Waals surface area contributed by atoms with Crippen LogP contribution < -0.4 is 5.73 Å². The van der Waals surface area contributed by atoms with Crippen molar-refractivity contribution in [3.05, 3.63) is 59.5 Å². The van der Waals surface area contributed by atoms with Gasteiger partial charge in [-0.3, -0.25) is 0 Å². The molecule has 5 heteroatoms. The predicted molar refractivity (Wildman–Crippen MR) is 71.8 cm³/mol. The van der Waals surface area contributed by atoms with Gasteiger partial charge in [-0.1, -0.05) is 12.1 Å². The third kappa shape index (κ3) is 2.41. The topological polar surface area (TPSA) is 76.4 Å². The highest BCUT2D eigenvalue weighted by atomic mass is 16.3. The van der Waals surface area contributed by atoms with Crippen LogP contribution in [0, 0.1) is 0 Å². The Morgan fingerprint density at radius 3 is 2.84 bits per heavy atom. The number of phenolic OH excluding ortho intramolecular Hbond substituents is 1. The lowest BCUT2D eigenvalue weighted by Crippen LogP contribution is -1.97. The van der Waals surface area contributed by atoms with E-state index >= 15 is 0 Å². The summed E-state index contributed by atoms with van der Waals surface area (Å²) in [6, 6.07) is 11.0. The Morgan fingerprint density at radius 2 is 2.05 bits per heavy atom. The summed E-state index contributed by atoms with van der Waals surface area (Å²) in [6.45, 7) is 0.491. The molecule has 0 unspecified atom stereocenters. The molecule has 0 radical (unpaired) electrons. The highest BCUT2D eigenvalue weighted by Crippen LogP contribution is 2.14. The number of pyridine rings is 1. The molecule has 0 spiro atoms. The molecular formula is C14H14N4O. The van der Waals surface area contributed by atoms with E-state index in [0.29, 0.717) is 13.0 Å². The van der Waals surface area contributed by atoms with Crippen LogP contribution in [0.1, 0.15) is 17.0 Å². The van der Waals surface area contributed by atoms with E-state index < -0.39 is 0 Å². The second kappa shape index (κ2) is 4.70. The van der Waals surface area contributed by atoms with Crippen LogP contribution in [0.15, 0.2) is 42.6 Å². The Bertz CT molecular complexity index is 720. The van der Waals surface area contributed by atoms with Crippen LogP contribution in [0.25, 0.3) is 5.65 Å². The zero-order chi connectivity index (χ0) is 13.2. The molecule has 0 amide bonds. The van der Waals surface area contributed by atoms with Crippen molar-refractivity contribution in [2.45, 2.75) is 13.0 Å². The molecule has 2 heterocycles. The van der Waals surface area contributed by atoms with Crippen LogP contribution in [0.2, 0.25) is 0 Å². The molecule has 0 aliphatic rings. The molecule has 96 valence electrons.